The minimum absolute atomic E-state index is 0.0723. The number of hydrogen-bond donors (Lipinski definition) is 0. The molecule has 0 amide bonds. The molecule has 0 N–H and O–H groups in total. The molecule has 0 heterocycles. The van der Waals surface area contributed by atoms with Gasteiger partial charge in [0.25, 0.3) is 0 Å². The minimum atomic E-state index is -2.47. The molecular formula is C41H78O12Si4. The number of carbonyl (C=O) groups excluding carboxylic acids is 4. The first-order valence-corrected chi connectivity index (χ1v) is 32.0. The second-order valence-corrected chi connectivity index (χ2v) is 33.8. The van der Waals surface area contributed by atoms with Crippen LogP contribution in [0, 0.1) is 0 Å². The van der Waals surface area contributed by atoms with Crippen molar-refractivity contribution in [1.82, 2.24) is 0 Å². The van der Waals surface area contributed by atoms with Crippen molar-refractivity contribution in [1.29, 1.82) is 0 Å². The predicted octanol–water partition coefficient (Wildman–Crippen LogP) is 9.56. The van der Waals surface area contributed by atoms with Crippen molar-refractivity contribution in [3.63, 3.8) is 0 Å². The van der Waals surface area contributed by atoms with E-state index >= 15 is 0 Å². The first-order chi connectivity index (χ1) is 26.3. The summed E-state index contributed by atoms with van der Waals surface area (Å²) in [5.41, 5.74) is 1.36. The third kappa shape index (κ3) is 28.6. The molecule has 0 spiro atoms. The summed E-state index contributed by atoms with van der Waals surface area (Å²) in [4.78, 5) is 45.8. The van der Waals surface area contributed by atoms with Gasteiger partial charge in [-0.3, -0.25) is 0 Å². The maximum atomic E-state index is 12.5. The first kappa shape index (κ1) is 56.6. The van der Waals surface area contributed by atoms with E-state index in [1.165, 1.54) is 25.3 Å². The maximum Gasteiger partial charge on any atom is 0.337 e. The highest BCUT2D eigenvalue weighted by Crippen LogP contribution is 2.32. The molecule has 0 saturated heterocycles. The van der Waals surface area contributed by atoms with E-state index in [2.05, 4.69) is 72.1 Å². The average Bonchev–Trinajstić information content (AvgIpc) is 3.13. The molecule has 0 aromatic heterocycles. The molecule has 0 aromatic rings. The molecule has 0 aliphatic heterocycles. The molecule has 57 heavy (non-hydrogen) atoms. The number of carbonyl (C=O) groups is 4. The standard InChI is InChI=1S/C22H44O7Si3.C10H20O3Si.C9H14O2/c1-18(2)21(23)27-15-12-13-20(32(11,25-4)26-5)14-16-28-22(24)19(3)17-31(9,10)29-30(6,7)8;1-9(2)10(11)13-7-6-8-14(4,5)12-3;1-2-9(10)11-8-6-4-3-5-7-8/h20H,1,3,12-17H2,2,4-11H3;1,6-8H2,2-5H3;2,8H,1,3-7H2. The zero-order chi connectivity index (χ0) is 44.5. The van der Waals surface area contributed by atoms with Crippen LogP contribution in [-0.2, 0) is 55.5 Å². The van der Waals surface area contributed by atoms with E-state index in [1.54, 1.807) is 35.2 Å². The highest BCUT2D eigenvalue weighted by molar-refractivity contribution is 6.84. The highest BCUT2D eigenvalue weighted by atomic mass is 28.4. The van der Waals surface area contributed by atoms with Crippen molar-refractivity contribution in [3.05, 3.63) is 49.1 Å². The molecule has 1 aliphatic rings. The van der Waals surface area contributed by atoms with Crippen LogP contribution in [0.5, 0.6) is 0 Å². The van der Waals surface area contributed by atoms with E-state index in [-0.39, 0.29) is 36.2 Å². The Labute approximate surface area is 349 Å². The van der Waals surface area contributed by atoms with Crippen LogP contribution in [0.25, 0.3) is 0 Å². The minimum Gasteiger partial charge on any atom is -0.462 e. The molecule has 0 aromatic carbocycles. The van der Waals surface area contributed by atoms with E-state index in [4.69, 9.17) is 36.3 Å². The van der Waals surface area contributed by atoms with E-state index in [9.17, 15) is 19.2 Å². The SMILES string of the molecule is C=C(C)C(=O)OCCCC(CCOC(=O)C(=C)C[Si](C)(C)O[Si](C)(C)C)[Si](C)(OC)OC.C=C(C)C(=O)OCCC[Si](C)(C)OC.C=CC(=O)OC1CCCCC1. The molecule has 0 radical (unpaired) electrons. The zero-order valence-electron chi connectivity index (χ0n) is 37.9. The molecule has 1 atom stereocenters. The van der Waals surface area contributed by atoms with Crippen LogP contribution >= 0.6 is 0 Å². The van der Waals surface area contributed by atoms with Crippen LogP contribution in [0.2, 0.25) is 70.0 Å². The Kier molecular flexibility index (Phi) is 28.7. The number of esters is 4. The monoisotopic (exact) mass is 874 g/mol. The molecule has 12 nitrogen and oxygen atoms in total. The predicted molar refractivity (Wildman–Crippen MR) is 239 cm³/mol. The molecule has 330 valence electrons. The quantitative estimate of drug-likeness (QED) is 0.0300. The van der Waals surface area contributed by atoms with Gasteiger partial charge >= 0.3 is 32.4 Å². The average molecular weight is 875 g/mol. The number of rotatable bonds is 24. The van der Waals surface area contributed by atoms with E-state index in [0.29, 0.717) is 48.8 Å². The fourth-order valence-corrected chi connectivity index (χ4v) is 17.3. The Morgan fingerprint density at radius 3 is 1.60 bits per heavy atom. The van der Waals surface area contributed by atoms with Crippen LogP contribution < -0.4 is 0 Å². The van der Waals surface area contributed by atoms with Crippen molar-refractivity contribution in [2.24, 2.45) is 0 Å². The van der Waals surface area contributed by atoms with Crippen LogP contribution in [0.3, 0.4) is 0 Å². The Morgan fingerprint density at radius 1 is 0.667 bits per heavy atom. The maximum absolute atomic E-state index is 12.5. The summed E-state index contributed by atoms with van der Waals surface area (Å²) in [6.07, 6.45) is 9.97. The van der Waals surface area contributed by atoms with Gasteiger partial charge in [0.15, 0.2) is 25.0 Å². The summed E-state index contributed by atoms with van der Waals surface area (Å²) in [5, 5.41) is 0. The summed E-state index contributed by atoms with van der Waals surface area (Å²) in [7, 11) is -2.65. The van der Waals surface area contributed by atoms with Crippen molar-refractivity contribution in [3.8, 4) is 0 Å². The lowest BCUT2D eigenvalue weighted by atomic mass is 9.98. The van der Waals surface area contributed by atoms with Gasteiger partial charge in [-0.05, 0) is 130 Å². The lowest BCUT2D eigenvalue weighted by Gasteiger charge is -2.32. The Morgan fingerprint density at radius 2 is 1.16 bits per heavy atom. The second kappa shape index (κ2) is 28.9. The topological polar surface area (TPSA) is 142 Å². The van der Waals surface area contributed by atoms with Gasteiger partial charge in [0.05, 0.1) is 19.8 Å². The van der Waals surface area contributed by atoms with Gasteiger partial charge in [-0.2, -0.15) is 0 Å². The first-order valence-electron chi connectivity index (χ1n) is 20.0. The number of ether oxygens (including phenoxy) is 4. The van der Waals surface area contributed by atoms with Crippen LogP contribution in [0.4, 0.5) is 0 Å². The molecule has 1 aliphatic carbocycles. The van der Waals surface area contributed by atoms with Gasteiger partial charge < -0.3 is 36.3 Å². The molecular weight excluding hydrogens is 797 g/mol. The van der Waals surface area contributed by atoms with Gasteiger partial charge in [0.1, 0.15) is 6.10 Å². The molecule has 1 rings (SSSR count). The third-order valence-corrected chi connectivity index (χ3v) is 21.4. The summed E-state index contributed by atoms with van der Waals surface area (Å²) in [5.74, 6) is -1.35. The van der Waals surface area contributed by atoms with Crippen LogP contribution in [0.1, 0.15) is 71.6 Å². The summed E-state index contributed by atoms with van der Waals surface area (Å²) >= 11 is 0. The normalized spacial score (nSPS) is 14.0. The van der Waals surface area contributed by atoms with E-state index < -0.39 is 39.5 Å². The van der Waals surface area contributed by atoms with Gasteiger partial charge in [0.2, 0.25) is 0 Å². The molecule has 1 fully saturated rings. The summed E-state index contributed by atoms with van der Waals surface area (Å²) in [6.45, 7) is 35.6. The third-order valence-electron chi connectivity index (χ3n) is 9.10. The van der Waals surface area contributed by atoms with Gasteiger partial charge in [-0.25, -0.2) is 19.2 Å². The van der Waals surface area contributed by atoms with Crippen molar-refractivity contribution in [2.45, 2.75) is 148 Å². The largest absolute Gasteiger partial charge is 0.462 e. The Balaban J connectivity index is 0. The molecule has 1 unspecified atom stereocenters. The van der Waals surface area contributed by atoms with Crippen LogP contribution in [-0.4, -0.2) is 105 Å². The van der Waals surface area contributed by atoms with Gasteiger partial charge in [0, 0.05) is 49.7 Å². The van der Waals surface area contributed by atoms with E-state index in [0.717, 1.165) is 31.7 Å². The summed E-state index contributed by atoms with van der Waals surface area (Å²) < 4.78 is 43.8. The highest BCUT2D eigenvalue weighted by Gasteiger charge is 2.39. The Hall–Kier alpha value is -2.45. The second-order valence-electron chi connectivity index (χ2n) is 16.7. The molecule has 0 bridgehead atoms. The van der Waals surface area contributed by atoms with E-state index in [1.807, 2.05) is 6.55 Å². The smallest absolute Gasteiger partial charge is 0.337 e. The summed E-state index contributed by atoms with van der Waals surface area (Å²) in [6, 6.07) is 1.56. The van der Waals surface area contributed by atoms with Crippen LogP contribution in [0.15, 0.2) is 49.1 Å². The lowest BCUT2D eigenvalue weighted by Crippen LogP contribution is -2.43. The zero-order valence-corrected chi connectivity index (χ0v) is 41.9. The van der Waals surface area contributed by atoms with Crippen molar-refractivity contribution < 1.29 is 55.5 Å². The fraction of sp³-hybridized carbons (Fsp3) is 0.707. The van der Waals surface area contributed by atoms with Gasteiger partial charge in [-0.15, -0.1) is 0 Å². The molecule has 16 heteroatoms. The van der Waals surface area contributed by atoms with Gasteiger partial charge in [-0.1, -0.05) is 32.7 Å². The molecule has 1 saturated carbocycles. The van der Waals surface area contributed by atoms with Crippen molar-refractivity contribution in [2.75, 3.05) is 41.2 Å². The fourth-order valence-electron chi connectivity index (χ4n) is 5.83. The lowest BCUT2D eigenvalue weighted by molar-refractivity contribution is -0.144. The van der Waals surface area contributed by atoms with Crippen molar-refractivity contribution >= 4 is 57.4 Å². The Bertz CT molecular complexity index is 1280. The number of hydrogen-bond acceptors (Lipinski definition) is 12.